The van der Waals surface area contributed by atoms with Crippen LogP contribution in [0.3, 0.4) is 0 Å². The van der Waals surface area contributed by atoms with Crippen LogP contribution in [-0.4, -0.2) is 24.2 Å². The molecule has 0 aromatic carbocycles. The Bertz CT molecular complexity index is 66.6. The van der Waals surface area contributed by atoms with Crippen LogP contribution >= 0.6 is 11.8 Å². The molecular weight excluding hydrogens is 132 g/mol. The normalized spacial score (nSPS) is 22.3. The van der Waals surface area contributed by atoms with Crippen molar-refractivity contribution in [3.63, 3.8) is 0 Å². The van der Waals surface area contributed by atoms with E-state index in [1.54, 1.807) is 0 Å². The number of rotatable bonds is 2. The van der Waals surface area contributed by atoms with Crippen LogP contribution in [0, 0.1) is 6.92 Å². The van der Waals surface area contributed by atoms with E-state index in [-0.39, 0.29) is 0 Å². The Balaban J connectivity index is 2.08. The summed E-state index contributed by atoms with van der Waals surface area (Å²) in [5, 5.41) is 0.830. The van der Waals surface area contributed by atoms with Gasteiger partial charge >= 0.3 is 0 Å². The topological polar surface area (TPSA) is 9.23 Å². The molecule has 1 rings (SSSR count). The summed E-state index contributed by atoms with van der Waals surface area (Å²) in [6.07, 6.45) is 2.44. The molecule has 0 amide bonds. The zero-order valence-corrected chi connectivity index (χ0v) is 6.45. The first kappa shape index (κ1) is 7.42. The van der Waals surface area contributed by atoms with Crippen LogP contribution in [0.15, 0.2) is 0 Å². The lowest BCUT2D eigenvalue weighted by molar-refractivity contribution is 0.100. The summed E-state index contributed by atoms with van der Waals surface area (Å²) in [7, 11) is 0. The van der Waals surface area contributed by atoms with Gasteiger partial charge in [-0.15, -0.1) is 0 Å². The van der Waals surface area contributed by atoms with Gasteiger partial charge < -0.3 is 4.74 Å². The van der Waals surface area contributed by atoms with Crippen molar-refractivity contribution in [1.82, 2.24) is 0 Å². The smallest absolute Gasteiger partial charge is 0.0476 e. The van der Waals surface area contributed by atoms with Gasteiger partial charge in [-0.25, -0.2) is 0 Å². The molecule has 0 saturated carbocycles. The highest BCUT2D eigenvalue weighted by Crippen LogP contribution is 2.20. The predicted octanol–water partition coefficient (Wildman–Crippen LogP) is 1.73. The molecule has 53 valence electrons. The van der Waals surface area contributed by atoms with Gasteiger partial charge in [0.05, 0.1) is 0 Å². The van der Waals surface area contributed by atoms with E-state index < -0.39 is 0 Å². The van der Waals surface area contributed by atoms with E-state index in [0.717, 1.165) is 24.2 Å². The molecule has 0 aliphatic carbocycles. The fourth-order valence-electron chi connectivity index (χ4n) is 1.01. The van der Waals surface area contributed by atoms with E-state index in [1.165, 1.54) is 12.8 Å². The number of hydrogen-bond acceptors (Lipinski definition) is 2. The van der Waals surface area contributed by atoms with Gasteiger partial charge in [-0.3, -0.25) is 0 Å². The minimum atomic E-state index is 0.830. The van der Waals surface area contributed by atoms with Crippen molar-refractivity contribution >= 4 is 11.8 Å². The summed E-state index contributed by atoms with van der Waals surface area (Å²) in [6, 6.07) is 0. The largest absolute Gasteiger partial charge is 0.381 e. The monoisotopic (exact) mass is 145 g/mol. The van der Waals surface area contributed by atoms with Crippen molar-refractivity contribution < 1.29 is 4.74 Å². The molecule has 0 bridgehead atoms. The van der Waals surface area contributed by atoms with Crippen LogP contribution in [0.4, 0.5) is 0 Å². The zero-order valence-electron chi connectivity index (χ0n) is 5.64. The third kappa shape index (κ3) is 2.59. The summed E-state index contributed by atoms with van der Waals surface area (Å²) < 4.78 is 5.21. The first-order valence-electron chi connectivity index (χ1n) is 3.42. The first-order valence-corrected chi connectivity index (χ1v) is 4.47. The minimum absolute atomic E-state index is 0.830. The van der Waals surface area contributed by atoms with Crippen molar-refractivity contribution in [3.8, 4) is 0 Å². The lowest BCUT2D eigenvalue weighted by atomic mass is 10.2. The first-order chi connectivity index (χ1) is 4.43. The molecule has 2 heteroatoms. The van der Waals surface area contributed by atoms with E-state index in [9.17, 15) is 0 Å². The van der Waals surface area contributed by atoms with Crippen molar-refractivity contribution in [2.24, 2.45) is 0 Å². The van der Waals surface area contributed by atoms with Crippen molar-refractivity contribution in [1.29, 1.82) is 0 Å². The Labute approximate surface area is 61.2 Å². The fourth-order valence-corrected chi connectivity index (χ4v) is 1.87. The molecule has 1 saturated heterocycles. The Hall–Kier alpha value is 0.310. The Kier molecular flexibility index (Phi) is 3.44. The van der Waals surface area contributed by atoms with E-state index in [1.807, 2.05) is 11.8 Å². The molecule has 1 heterocycles. The molecule has 0 aromatic rings. The maximum atomic E-state index is 5.21. The van der Waals surface area contributed by atoms with Crippen LogP contribution in [0.25, 0.3) is 0 Å². The van der Waals surface area contributed by atoms with Gasteiger partial charge in [0.1, 0.15) is 0 Å². The lowest BCUT2D eigenvalue weighted by Gasteiger charge is -2.20. The Morgan fingerprint density at radius 3 is 2.67 bits per heavy atom. The van der Waals surface area contributed by atoms with Crippen LogP contribution in [0.2, 0.25) is 0 Å². The third-order valence-electron chi connectivity index (χ3n) is 1.52. The maximum Gasteiger partial charge on any atom is 0.0476 e. The summed E-state index contributed by atoms with van der Waals surface area (Å²) in [6.45, 7) is 5.71. The quantitative estimate of drug-likeness (QED) is 0.585. The summed E-state index contributed by atoms with van der Waals surface area (Å²) in [5.41, 5.74) is 0. The second-order valence-electron chi connectivity index (χ2n) is 2.18. The SMILES string of the molecule is [CH2]CSC1CCOCC1. The molecule has 9 heavy (non-hydrogen) atoms. The highest BCUT2D eigenvalue weighted by Gasteiger charge is 2.11. The fraction of sp³-hybridized carbons (Fsp3) is 0.857. The lowest BCUT2D eigenvalue weighted by Crippen LogP contribution is -2.17. The molecule has 0 aromatic heterocycles. The molecule has 1 fully saturated rings. The van der Waals surface area contributed by atoms with Gasteiger partial charge in [0.15, 0.2) is 0 Å². The van der Waals surface area contributed by atoms with Crippen molar-refractivity contribution in [3.05, 3.63) is 6.92 Å². The second-order valence-corrected chi connectivity index (χ2v) is 3.59. The van der Waals surface area contributed by atoms with Crippen LogP contribution < -0.4 is 0 Å². The third-order valence-corrected chi connectivity index (χ3v) is 2.70. The Morgan fingerprint density at radius 1 is 1.44 bits per heavy atom. The van der Waals surface area contributed by atoms with Crippen molar-refractivity contribution in [2.75, 3.05) is 19.0 Å². The molecule has 0 spiro atoms. The van der Waals surface area contributed by atoms with E-state index >= 15 is 0 Å². The molecule has 1 nitrogen and oxygen atoms in total. The molecule has 0 unspecified atom stereocenters. The highest BCUT2D eigenvalue weighted by molar-refractivity contribution is 7.99. The van der Waals surface area contributed by atoms with Crippen LogP contribution in [0.1, 0.15) is 12.8 Å². The van der Waals surface area contributed by atoms with Gasteiger partial charge in [0, 0.05) is 18.5 Å². The standard InChI is InChI=1S/C7H13OS/c1-2-9-7-3-5-8-6-4-7/h7H,1-6H2. The zero-order chi connectivity index (χ0) is 6.53. The van der Waals surface area contributed by atoms with Crippen LogP contribution in [-0.2, 0) is 4.74 Å². The number of ether oxygens (including phenoxy) is 1. The van der Waals surface area contributed by atoms with Gasteiger partial charge in [0.2, 0.25) is 0 Å². The maximum absolute atomic E-state index is 5.21. The summed E-state index contributed by atoms with van der Waals surface area (Å²) >= 11 is 1.96. The van der Waals surface area contributed by atoms with E-state index in [2.05, 4.69) is 6.92 Å². The second kappa shape index (κ2) is 4.18. The molecule has 1 aliphatic rings. The highest BCUT2D eigenvalue weighted by atomic mass is 32.2. The molecule has 0 atom stereocenters. The average molecular weight is 145 g/mol. The molecule has 0 N–H and O–H groups in total. The summed E-state index contributed by atoms with van der Waals surface area (Å²) in [4.78, 5) is 0. The summed E-state index contributed by atoms with van der Waals surface area (Å²) in [5.74, 6) is 1.00. The van der Waals surface area contributed by atoms with Gasteiger partial charge in [-0.2, -0.15) is 11.8 Å². The average Bonchev–Trinajstić information content (AvgIpc) is 1.91. The Morgan fingerprint density at radius 2 is 2.11 bits per heavy atom. The molecule has 1 aliphatic heterocycles. The van der Waals surface area contributed by atoms with Crippen molar-refractivity contribution in [2.45, 2.75) is 18.1 Å². The van der Waals surface area contributed by atoms with Gasteiger partial charge in [0.25, 0.3) is 0 Å². The van der Waals surface area contributed by atoms with Gasteiger partial charge in [-0.05, 0) is 25.5 Å². The molecule has 1 radical (unpaired) electrons. The van der Waals surface area contributed by atoms with Crippen LogP contribution in [0.5, 0.6) is 0 Å². The van der Waals surface area contributed by atoms with E-state index in [0.29, 0.717) is 0 Å². The number of thioether (sulfide) groups is 1. The number of hydrogen-bond donors (Lipinski definition) is 0. The van der Waals surface area contributed by atoms with Gasteiger partial charge in [-0.1, -0.05) is 0 Å². The molecular formula is C7H13OS. The van der Waals surface area contributed by atoms with E-state index in [4.69, 9.17) is 4.74 Å². The minimum Gasteiger partial charge on any atom is -0.381 e. The predicted molar refractivity (Wildman–Crippen MR) is 41.7 cm³/mol.